The molecule has 1 aromatic rings. The Morgan fingerprint density at radius 3 is 2.71 bits per heavy atom. The molecule has 0 aliphatic heterocycles. The molecule has 1 amide bonds. The number of hydrogen-bond donors (Lipinski definition) is 2. The highest BCUT2D eigenvalue weighted by Crippen LogP contribution is 2.03. The van der Waals surface area contributed by atoms with Gasteiger partial charge in [-0.25, -0.2) is 4.98 Å². The van der Waals surface area contributed by atoms with E-state index in [1.54, 1.807) is 0 Å². The Hall–Kier alpha value is -1.49. The average Bonchev–Trinajstić information content (AvgIpc) is 2.18. The maximum Gasteiger partial charge on any atom is 0.242 e. The van der Waals surface area contributed by atoms with E-state index in [-0.39, 0.29) is 11.8 Å². The van der Waals surface area contributed by atoms with Gasteiger partial charge in [0.2, 0.25) is 5.91 Å². The van der Waals surface area contributed by atoms with E-state index in [9.17, 15) is 4.79 Å². The van der Waals surface area contributed by atoms with Crippen LogP contribution in [0, 0.1) is 5.92 Å². The van der Waals surface area contributed by atoms with E-state index in [1.807, 2.05) is 13.8 Å². The molecule has 5 nitrogen and oxygen atoms in total. The average molecular weight is 194 g/mol. The summed E-state index contributed by atoms with van der Waals surface area (Å²) in [5.41, 5.74) is 5.65. The van der Waals surface area contributed by atoms with Crippen molar-refractivity contribution in [2.75, 3.05) is 5.32 Å². The molecular formula is C9H14N4O. The lowest BCUT2D eigenvalue weighted by Crippen LogP contribution is -2.39. The van der Waals surface area contributed by atoms with Crippen LogP contribution in [0.3, 0.4) is 0 Å². The van der Waals surface area contributed by atoms with Crippen molar-refractivity contribution in [2.24, 2.45) is 11.7 Å². The van der Waals surface area contributed by atoms with E-state index in [1.165, 1.54) is 18.6 Å². The summed E-state index contributed by atoms with van der Waals surface area (Å²) >= 11 is 0. The normalized spacial score (nSPS) is 12.6. The molecule has 0 saturated carbocycles. The third kappa shape index (κ3) is 2.77. The molecule has 0 aliphatic rings. The number of rotatable bonds is 3. The first-order valence-electron chi connectivity index (χ1n) is 4.43. The third-order valence-corrected chi connectivity index (χ3v) is 1.84. The zero-order chi connectivity index (χ0) is 10.6. The molecule has 0 saturated heterocycles. The lowest BCUT2D eigenvalue weighted by Gasteiger charge is -2.14. The minimum absolute atomic E-state index is 0.103. The molecule has 1 unspecified atom stereocenters. The maximum atomic E-state index is 11.5. The van der Waals surface area contributed by atoms with Crippen LogP contribution in [0.1, 0.15) is 13.8 Å². The SMILES string of the molecule is CC(C)C(N)C(=O)Nc1cnccn1. The molecule has 3 N–H and O–H groups in total. The number of aromatic nitrogens is 2. The van der Waals surface area contributed by atoms with Gasteiger partial charge in [-0.3, -0.25) is 9.78 Å². The van der Waals surface area contributed by atoms with E-state index in [0.717, 1.165) is 0 Å². The van der Waals surface area contributed by atoms with E-state index in [4.69, 9.17) is 5.73 Å². The van der Waals surface area contributed by atoms with Crippen LogP contribution in [-0.2, 0) is 4.79 Å². The van der Waals surface area contributed by atoms with Gasteiger partial charge in [0, 0.05) is 12.4 Å². The van der Waals surface area contributed by atoms with Gasteiger partial charge >= 0.3 is 0 Å². The van der Waals surface area contributed by atoms with Crippen LogP contribution in [0.25, 0.3) is 0 Å². The fraction of sp³-hybridized carbons (Fsp3) is 0.444. The van der Waals surface area contributed by atoms with Crippen LogP contribution >= 0.6 is 0 Å². The van der Waals surface area contributed by atoms with Crippen molar-refractivity contribution in [1.29, 1.82) is 0 Å². The second-order valence-corrected chi connectivity index (χ2v) is 3.35. The fourth-order valence-corrected chi connectivity index (χ4v) is 0.876. The summed E-state index contributed by atoms with van der Waals surface area (Å²) in [4.78, 5) is 19.2. The second kappa shape index (κ2) is 4.66. The monoisotopic (exact) mass is 194 g/mol. The molecule has 5 heteroatoms. The van der Waals surface area contributed by atoms with Crippen LogP contribution in [-0.4, -0.2) is 21.9 Å². The van der Waals surface area contributed by atoms with Crippen molar-refractivity contribution in [3.8, 4) is 0 Å². The lowest BCUT2D eigenvalue weighted by molar-refractivity contribution is -0.118. The molecule has 0 aliphatic carbocycles. The zero-order valence-electron chi connectivity index (χ0n) is 8.27. The lowest BCUT2D eigenvalue weighted by atomic mass is 10.1. The minimum Gasteiger partial charge on any atom is -0.320 e. The Bertz CT molecular complexity index is 299. The summed E-state index contributed by atoms with van der Waals surface area (Å²) in [5, 5.41) is 2.59. The van der Waals surface area contributed by atoms with Crippen LogP contribution < -0.4 is 11.1 Å². The Balaban J connectivity index is 2.58. The van der Waals surface area contributed by atoms with Gasteiger partial charge in [-0.1, -0.05) is 13.8 Å². The molecule has 14 heavy (non-hydrogen) atoms. The number of nitrogens with two attached hydrogens (primary N) is 1. The smallest absolute Gasteiger partial charge is 0.242 e. The van der Waals surface area contributed by atoms with E-state index in [2.05, 4.69) is 15.3 Å². The second-order valence-electron chi connectivity index (χ2n) is 3.35. The van der Waals surface area contributed by atoms with Gasteiger partial charge in [-0.05, 0) is 5.92 Å². The molecule has 0 fully saturated rings. The van der Waals surface area contributed by atoms with Crippen molar-refractivity contribution >= 4 is 11.7 Å². The van der Waals surface area contributed by atoms with E-state index >= 15 is 0 Å². The predicted octanol–water partition coefficient (Wildman–Crippen LogP) is 0.398. The summed E-state index contributed by atoms with van der Waals surface area (Å²) in [5.74, 6) is 0.292. The number of amides is 1. The molecule has 76 valence electrons. The highest BCUT2D eigenvalue weighted by molar-refractivity contribution is 5.93. The van der Waals surface area contributed by atoms with Crippen LogP contribution in [0.5, 0.6) is 0 Å². The van der Waals surface area contributed by atoms with Crippen molar-refractivity contribution in [1.82, 2.24) is 9.97 Å². The third-order valence-electron chi connectivity index (χ3n) is 1.84. The Morgan fingerprint density at radius 1 is 1.50 bits per heavy atom. The Kier molecular flexibility index (Phi) is 3.53. The molecule has 0 spiro atoms. The van der Waals surface area contributed by atoms with Crippen LogP contribution in [0.4, 0.5) is 5.82 Å². The maximum absolute atomic E-state index is 11.5. The largest absolute Gasteiger partial charge is 0.320 e. The number of hydrogen-bond acceptors (Lipinski definition) is 4. The Labute approximate surface area is 82.7 Å². The molecule has 0 radical (unpaired) electrons. The molecule has 0 aromatic carbocycles. The molecule has 1 rings (SSSR count). The van der Waals surface area contributed by atoms with Gasteiger partial charge in [0.05, 0.1) is 12.2 Å². The molecule has 1 aromatic heterocycles. The van der Waals surface area contributed by atoms with E-state index in [0.29, 0.717) is 5.82 Å². The first-order chi connectivity index (χ1) is 6.61. The zero-order valence-corrected chi connectivity index (χ0v) is 8.27. The van der Waals surface area contributed by atoms with Gasteiger partial charge in [-0.15, -0.1) is 0 Å². The topological polar surface area (TPSA) is 80.9 Å². The summed E-state index contributed by atoms with van der Waals surface area (Å²) < 4.78 is 0. The van der Waals surface area contributed by atoms with E-state index < -0.39 is 6.04 Å². The summed E-state index contributed by atoms with van der Waals surface area (Å²) in [6.07, 6.45) is 4.53. The van der Waals surface area contributed by atoms with Gasteiger partial charge in [0.1, 0.15) is 0 Å². The van der Waals surface area contributed by atoms with Crippen LogP contribution in [0.2, 0.25) is 0 Å². The number of anilines is 1. The van der Waals surface area contributed by atoms with Gasteiger partial charge in [0.15, 0.2) is 5.82 Å². The van der Waals surface area contributed by atoms with Gasteiger partial charge in [0.25, 0.3) is 0 Å². The van der Waals surface area contributed by atoms with Crippen molar-refractivity contribution in [3.63, 3.8) is 0 Å². The van der Waals surface area contributed by atoms with Crippen molar-refractivity contribution in [2.45, 2.75) is 19.9 Å². The minimum atomic E-state index is -0.517. The first-order valence-corrected chi connectivity index (χ1v) is 4.43. The number of carbonyl (C=O) groups is 1. The van der Waals surface area contributed by atoms with Gasteiger partial charge < -0.3 is 11.1 Å². The van der Waals surface area contributed by atoms with Crippen molar-refractivity contribution < 1.29 is 4.79 Å². The molecule has 1 heterocycles. The summed E-state index contributed by atoms with van der Waals surface area (Å²) in [7, 11) is 0. The summed E-state index contributed by atoms with van der Waals surface area (Å²) in [6, 6.07) is -0.517. The van der Waals surface area contributed by atoms with Gasteiger partial charge in [-0.2, -0.15) is 0 Å². The summed E-state index contributed by atoms with van der Waals surface area (Å²) in [6.45, 7) is 3.78. The molecular weight excluding hydrogens is 180 g/mol. The molecule has 1 atom stereocenters. The number of nitrogens with zero attached hydrogens (tertiary/aromatic N) is 2. The standard InChI is InChI=1S/C9H14N4O/c1-6(2)8(10)9(14)13-7-5-11-3-4-12-7/h3-6,8H,10H2,1-2H3,(H,12,13,14). The fourth-order valence-electron chi connectivity index (χ4n) is 0.876. The quantitative estimate of drug-likeness (QED) is 0.729. The van der Waals surface area contributed by atoms with Crippen molar-refractivity contribution in [3.05, 3.63) is 18.6 Å². The highest BCUT2D eigenvalue weighted by atomic mass is 16.2. The highest BCUT2D eigenvalue weighted by Gasteiger charge is 2.17. The predicted molar refractivity (Wildman–Crippen MR) is 53.5 cm³/mol. The molecule has 0 bridgehead atoms. The first kappa shape index (κ1) is 10.6. The Morgan fingerprint density at radius 2 is 2.21 bits per heavy atom. The number of nitrogens with one attached hydrogen (secondary N) is 1. The number of carbonyl (C=O) groups excluding carboxylic acids is 1. The van der Waals surface area contributed by atoms with Crippen LogP contribution in [0.15, 0.2) is 18.6 Å².